The highest BCUT2D eigenvalue weighted by Gasteiger charge is 2.08. The number of hydrogen-bond donors (Lipinski definition) is 1. The number of carbonyl (C=O) groups excluding carboxylic acids is 1. The summed E-state index contributed by atoms with van der Waals surface area (Å²) in [7, 11) is 0. The number of rotatable bonds is 2. The smallest absolute Gasteiger partial charge is 0.255 e. The highest BCUT2D eigenvalue weighted by molar-refractivity contribution is 6.30. The summed E-state index contributed by atoms with van der Waals surface area (Å²) in [4.78, 5) is 11.9. The van der Waals surface area contributed by atoms with Crippen molar-refractivity contribution in [1.82, 2.24) is 0 Å². The van der Waals surface area contributed by atoms with Crippen molar-refractivity contribution in [2.24, 2.45) is 0 Å². The van der Waals surface area contributed by atoms with E-state index in [-0.39, 0.29) is 5.91 Å². The van der Waals surface area contributed by atoms with Gasteiger partial charge in [-0.2, -0.15) is 5.26 Å². The van der Waals surface area contributed by atoms with Gasteiger partial charge < -0.3 is 5.32 Å². The van der Waals surface area contributed by atoms with E-state index in [1.54, 1.807) is 36.4 Å². The first-order chi connectivity index (χ1) is 8.70. The second-order valence-corrected chi connectivity index (χ2v) is 4.06. The molecule has 88 valence electrons. The molecule has 2 aromatic rings. The number of amides is 1. The lowest BCUT2D eigenvalue weighted by Crippen LogP contribution is -2.12. The molecular weight excluding hydrogens is 248 g/mol. The molecule has 0 aromatic heterocycles. The monoisotopic (exact) mass is 256 g/mol. The van der Waals surface area contributed by atoms with Crippen LogP contribution in [0.25, 0.3) is 0 Å². The minimum absolute atomic E-state index is 0.255. The van der Waals surface area contributed by atoms with E-state index in [1.807, 2.05) is 12.1 Å². The Morgan fingerprint density at radius 2 is 1.89 bits per heavy atom. The Hall–Kier alpha value is -2.31. The van der Waals surface area contributed by atoms with E-state index in [2.05, 4.69) is 5.32 Å². The van der Waals surface area contributed by atoms with Gasteiger partial charge in [0.15, 0.2) is 0 Å². The molecule has 0 bridgehead atoms. The van der Waals surface area contributed by atoms with Crippen LogP contribution in [0.3, 0.4) is 0 Å². The van der Waals surface area contributed by atoms with Gasteiger partial charge in [0.1, 0.15) is 6.07 Å². The number of nitrogens with one attached hydrogen (secondary N) is 1. The Kier molecular flexibility index (Phi) is 3.61. The average molecular weight is 257 g/mol. The predicted octanol–water partition coefficient (Wildman–Crippen LogP) is 3.46. The first-order valence-electron chi connectivity index (χ1n) is 5.27. The molecule has 0 unspecified atom stereocenters. The van der Waals surface area contributed by atoms with E-state index in [0.29, 0.717) is 21.8 Å². The molecule has 0 spiro atoms. The van der Waals surface area contributed by atoms with Crippen molar-refractivity contribution >= 4 is 23.2 Å². The van der Waals surface area contributed by atoms with E-state index < -0.39 is 0 Å². The largest absolute Gasteiger partial charge is 0.321 e. The molecule has 1 N–H and O–H groups in total. The molecule has 0 aliphatic carbocycles. The number of halogens is 1. The van der Waals surface area contributed by atoms with Crippen LogP contribution in [0, 0.1) is 11.3 Å². The van der Waals surface area contributed by atoms with Crippen LogP contribution in [0.2, 0.25) is 5.02 Å². The van der Waals surface area contributed by atoms with Crippen molar-refractivity contribution in [2.75, 3.05) is 5.32 Å². The molecule has 0 saturated heterocycles. The topological polar surface area (TPSA) is 52.9 Å². The van der Waals surface area contributed by atoms with Crippen molar-refractivity contribution in [2.45, 2.75) is 0 Å². The molecule has 2 aromatic carbocycles. The second kappa shape index (κ2) is 5.35. The van der Waals surface area contributed by atoms with Crippen LogP contribution in [0.4, 0.5) is 5.69 Å². The van der Waals surface area contributed by atoms with E-state index in [9.17, 15) is 4.79 Å². The van der Waals surface area contributed by atoms with Crippen LogP contribution in [-0.2, 0) is 0 Å². The first-order valence-corrected chi connectivity index (χ1v) is 5.64. The maximum Gasteiger partial charge on any atom is 0.255 e. The predicted molar refractivity (Wildman–Crippen MR) is 70.6 cm³/mol. The van der Waals surface area contributed by atoms with Crippen molar-refractivity contribution in [3.63, 3.8) is 0 Å². The number of anilines is 1. The van der Waals surface area contributed by atoms with Crippen LogP contribution in [-0.4, -0.2) is 5.91 Å². The SMILES string of the molecule is N#Cc1cc(Cl)ccc1NC(=O)c1ccccc1. The fourth-order valence-corrected chi connectivity index (χ4v) is 1.67. The molecule has 0 aliphatic heterocycles. The normalized spacial score (nSPS) is 9.56. The summed E-state index contributed by atoms with van der Waals surface area (Å²) in [6.07, 6.45) is 0. The molecule has 0 atom stereocenters. The van der Waals surface area contributed by atoms with Crippen LogP contribution < -0.4 is 5.32 Å². The number of carbonyl (C=O) groups is 1. The summed E-state index contributed by atoms with van der Waals surface area (Å²) >= 11 is 5.79. The fourth-order valence-electron chi connectivity index (χ4n) is 1.50. The third-order valence-electron chi connectivity index (χ3n) is 2.39. The van der Waals surface area contributed by atoms with Gasteiger partial charge in [-0.25, -0.2) is 0 Å². The molecule has 0 aliphatic rings. The summed E-state index contributed by atoms with van der Waals surface area (Å²) in [6.45, 7) is 0. The van der Waals surface area contributed by atoms with Gasteiger partial charge in [-0.05, 0) is 30.3 Å². The van der Waals surface area contributed by atoms with Gasteiger partial charge in [0.25, 0.3) is 5.91 Å². The van der Waals surface area contributed by atoms with Gasteiger partial charge in [-0.1, -0.05) is 29.8 Å². The van der Waals surface area contributed by atoms with Gasteiger partial charge in [0, 0.05) is 10.6 Å². The molecule has 0 fully saturated rings. The Balaban J connectivity index is 2.25. The van der Waals surface area contributed by atoms with Crippen molar-refractivity contribution in [1.29, 1.82) is 5.26 Å². The summed E-state index contributed by atoms with van der Waals surface area (Å²) in [6, 6.07) is 15.6. The molecule has 0 radical (unpaired) electrons. The number of nitriles is 1. The number of nitrogens with zero attached hydrogens (tertiary/aromatic N) is 1. The Labute approximate surface area is 110 Å². The third kappa shape index (κ3) is 2.68. The van der Waals surface area contributed by atoms with E-state index in [4.69, 9.17) is 16.9 Å². The minimum Gasteiger partial charge on any atom is -0.321 e. The number of benzene rings is 2. The highest BCUT2D eigenvalue weighted by Crippen LogP contribution is 2.20. The number of hydrogen-bond acceptors (Lipinski definition) is 2. The standard InChI is InChI=1S/C14H9ClN2O/c15-12-6-7-13(11(8-12)9-16)17-14(18)10-4-2-1-3-5-10/h1-8H,(H,17,18). The van der Waals surface area contributed by atoms with Gasteiger partial charge in [0.2, 0.25) is 0 Å². The molecular formula is C14H9ClN2O. The van der Waals surface area contributed by atoms with Crippen molar-refractivity contribution in [3.8, 4) is 6.07 Å². The molecule has 2 rings (SSSR count). The van der Waals surface area contributed by atoms with E-state index >= 15 is 0 Å². The maximum atomic E-state index is 11.9. The molecule has 3 nitrogen and oxygen atoms in total. The van der Waals surface area contributed by atoms with Gasteiger partial charge in [-0.15, -0.1) is 0 Å². The van der Waals surface area contributed by atoms with E-state index in [1.165, 1.54) is 6.07 Å². The molecule has 4 heteroatoms. The third-order valence-corrected chi connectivity index (χ3v) is 2.62. The van der Waals surface area contributed by atoms with Crippen LogP contribution >= 0.6 is 11.6 Å². The zero-order chi connectivity index (χ0) is 13.0. The Morgan fingerprint density at radius 1 is 1.17 bits per heavy atom. The van der Waals surface area contributed by atoms with Crippen molar-refractivity contribution < 1.29 is 4.79 Å². The molecule has 1 amide bonds. The summed E-state index contributed by atoms with van der Waals surface area (Å²) in [5, 5.41) is 12.1. The molecule has 0 heterocycles. The zero-order valence-corrected chi connectivity index (χ0v) is 10.1. The molecule has 18 heavy (non-hydrogen) atoms. The minimum atomic E-state index is -0.255. The van der Waals surface area contributed by atoms with Crippen LogP contribution in [0.5, 0.6) is 0 Å². The lowest BCUT2D eigenvalue weighted by Gasteiger charge is -2.07. The summed E-state index contributed by atoms with van der Waals surface area (Å²) in [5.41, 5.74) is 1.33. The lowest BCUT2D eigenvalue weighted by atomic mass is 10.1. The average Bonchev–Trinajstić information content (AvgIpc) is 2.41. The highest BCUT2D eigenvalue weighted by atomic mass is 35.5. The van der Waals surface area contributed by atoms with Gasteiger partial charge in [0.05, 0.1) is 11.3 Å². The first kappa shape index (κ1) is 12.2. The Bertz CT molecular complexity index is 617. The zero-order valence-electron chi connectivity index (χ0n) is 9.35. The second-order valence-electron chi connectivity index (χ2n) is 3.62. The van der Waals surface area contributed by atoms with Crippen molar-refractivity contribution in [3.05, 3.63) is 64.7 Å². The van der Waals surface area contributed by atoms with Crippen LogP contribution in [0.1, 0.15) is 15.9 Å². The summed E-state index contributed by atoms with van der Waals surface area (Å²) < 4.78 is 0. The fraction of sp³-hybridized carbons (Fsp3) is 0. The van der Waals surface area contributed by atoms with Gasteiger partial charge >= 0.3 is 0 Å². The lowest BCUT2D eigenvalue weighted by molar-refractivity contribution is 0.102. The quantitative estimate of drug-likeness (QED) is 0.895. The van der Waals surface area contributed by atoms with E-state index in [0.717, 1.165) is 0 Å². The maximum absolute atomic E-state index is 11.9. The van der Waals surface area contributed by atoms with Gasteiger partial charge in [-0.3, -0.25) is 4.79 Å². The van der Waals surface area contributed by atoms with Crippen LogP contribution in [0.15, 0.2) is 48.5 Å². The summed E-state index contributed by atoms with van der Waals surface area (Å²) in [5.74, 6) is -0.255. The molecule has 0 saturated carbocycles. The Morgan fingerprint density at radius 3 is 2.56 bits per heavy atom.